The lowest BCUT2D eigenvalue weighted by Crippen LogP contribution is -2.34. The lowest BCUT2D eigenvalue weighted by atomic mass is 10.0. The molecule has 5 nitrogen and oxygen atoms in total. The first-order chi connectivity index (χ1) is 8.19. The molecule has 0 aliphatic heterocycles. The van der Waals surface area contributed by atoms with E-state index >= 15 is 0 Å². The van der Waals surface area contributed by atoms with E-state index in [1.807, 2.05) is 0 Å². The number of anilines is 1. The van der Waals surface area contributed by atoms with Crippen molar-refractivity contribution >= 4 is 24.0 Å². The molecule has 0 bridgehead atoms. The van der Waals surface area contributed by atoms with Crippen molar-refractivity contribution in [2.45, 2.75) is 32.6 Å². The molecule has 1 rings (SSSR count). The van der Waals surface area contributed by atoms with Gasteiger partial charge in [-0.25, -0.2) is 0 Å². The molecule has 110 valence electrons. The van der Waals surface area contributed by atoms with Gasteiger partial charge in [0.25, 0.3) is 0 Å². The summed E-state index contributed by atoms with van der Waals surface area (Å²) in [5.41, 5.74) is 5.77. The first-order valence-corrected chi connectivity index (χ1v) is 5.34. The first kappa shape index (κ1) is 17.7. The number of nitrogens with one attached hydrogen (secondary N) is 1. The number of nitrogens with zero attached hydrogens (tertiary/aromatic N) is 2. The van der Waals surface area contributed by atoms with Crippen LogP contribution in [0, 0.1) is 5.92 Å². The first-order valence-electron chi connectivity index (χ1n) is 5.34. The van der Waals surface area contributed by atoms with E-state index in [2.05, 4.69) is 10.4 Å². The van der Waals surface area contributed by atoms with Crippen molar-refractivity contribution in [1.82, 2.24) is 9.78 Å². The van der Waals surface area contributed by atoms with Gasteiger partial charge in [0.2, 0.25) is 5.91 Å². The average Bonchev–Trinajstić information content (AvgIpc) is 2.61. The van der Waals surface area contributed by atoms with E-state index in [0.717, 1.165) is 12.4 Å². The highest BCUT2D eigenvalue weighted by Crippen LogP contribution is 2.18. The lowest BCUT2D eigenvalue weighted by Gasteiger charge is -2.14. The number of rotatable bonds is 4. The summed E-state index contributed by atoms with van der Waals surface area (Å²) in [6.07, 6.45) is -2.05. The smallest absolute Gasteiger partial charge is 0.327 e. The van der Waals surface area contributed by atoms with Crippen molar-refractivity contribution in [2.24, 2.45) is 11.7 Å². The summed E-state index contributed by atoms with van der Waals surface area (Å²) in [5, 5.41) is 5.97. The zero-order chi connectivity index (χ0) is 13.9. The minimum atomic E-state index is -4.34. The summed E-state index contributed by atoms with van der Waals surface area (Å²) in [6.45, 7) is 2.13. The van der Waals surface area contributed by atoms with E-state index in [1.165, 1.54) is 0 Å². The predicted molar refractivity (Wildman–Crippen MR) is 67.0 cm³/mol. The van der Waals surface area contributed by atoms with Crippen LogP contribution in [0.4, 0.5) is 18.9 Å². The van der Waals surface area contributed by atoms with Gasteiger partial charge in [-0.15, -0.1) is 12.4 Å². The minimum Gasteiger partial charge on any atom is -0.327 e. The van der Waals surface area contributed by atoms with Crippen LogP contribution in [-0.4, -0.2) is 27.9 Å². The largest absolute Gasteiger partial charge is 0.408 e. The van der Waals surface area contributed by atoms with Crippen molar-refractivity contribution in [2.75, 3.05) is 5.32 Å². The van der Waals surface area contributed by atoms with Crippen molar-refractivity contribution < 1.29 is 18.0 Å². The van der Waals surface area contributed by atoms with E-state index in [4.69, 9.17) is 5.73 Å². The van der Waals surface area contributed by atoms with Crippen LogP contribution in [0.25, 0.3) is 0 Å². The Balaban J connectivity index is 0.00000324. The van der Waals surface area contributed by atoms with Gasteiger partial charge in [-0.05, 0) is 6.92 Å². The molecule has 0 aromatic carbocycles. The number of amides is 1. The summed E-state index contributed by atoms with van der Waals surface area (Å²) in [4.78, 5) is 11.6. The van der Waals surface area contributed by atoms with E-state index in [-0.39, 0.29) is 30.0 Å². The monoisotopic (exact) mass is 300 g/mol. The Kier molecular flexibility index (Phi) is 6.31. The quantitative estimate of drug-likeness (QED) is 0.890. The maximum absolute atomic E-state index is 12.1. The predicted octanol–water partition coefficient (Wildman–Crippen LogP) is 1.79. The molecule has 0 fully saturated rings. The van der Waals surface area contributed by atoms with Gasteiger partial charge in [0.1, 0.15) is 6.54 Å². The standard InChI is InChI=1S/C10H15F3N4O.ClH/c1-6(7(2)14)9(18)16-8-3-15-17(4-8)5-10(11,12)13;/h3-4,6-7H,5,14H2,1-2H3,(H,16,18);1H. The Labute approximate surface area is 114 Å². The van der Waals surface area contributed by atoms with Gasteiger partial charge in [-0.1, -0.05) is 6.92 Å². The van der Waals surface area contributed by atoms with Gasteiger partial charge in [-0.2, -0.15) is 18.3 Å². The molecular formula is C10H16ClF3N4O. The van der Waals surface area contributed by atoms with Crippen LogP contribution in [0.15, 0.2) is 12.4 Å². The molecule has 0 aliphatic rings. The highest BCUT2D eigenvalue weighted by atomic mass is 35.5. The minimum absolute atomic E-state index is 0. The maximum Gasteiger partial charge on any atom is 0.408 e. The maximum atomic E-state index is 12.1. The molecule has 1 aromatic heterocycles. The number of alkyl halides is 3. The fraction of sp³-hybridized carbons (Fsp3) is 0.600. The lowest BCUT2D eigenvalue weighted by molar-refractivity contribution is -0.142. The molecule has 19 heavy (non-hydrogen) atoms. The molecule has 2 atom stereocenters. The molecule has 3 N–H and O–H groups in total. The SMILES string of the molecule is CC(N)C(C)C(=O)Nc1cnn(CC(F)(F)F)c1.Cl. The molecule has 0 radical (unpaired) electrons. The molecule has 0 saturated carbocycles. The number of hydrogen-bond acceptors (Lipinski definition) is 3. The molecule has 2 unspecified atom stereocenters. The van der Waals surface area contributed by atoms with Crippen molar-refractivity contribution in [3.63, 3.8) is 0 Å². The van der Waals surface area contributed by atoms with E-state index in [1.54, 1.807) is 13.8 Å². The Morgan fingerprint density at radius 3 is 2.58 bits per heavy atom. The van der Waals surface area contributed by atoms with E-state index in [0.29, 0.717) is 4.68 Å². The Morgan fingerprint density at radius 2 is 2.11 bits per heavy atom. The summed E-state index contributed by atoms with van der Waals surface area (Å²) in [7, 11) is 0. The van der Waals surface area contributed by atoms with Gasteiger partial charge in [-0.3, -0.25) is 9.48 Å². The Hall–Kier alpha value is -1.28. The third-order valence-electron chi connectivity index (χ3n) is 2.44. The number of halogens is 4. The topological polar surface area (TPSA) is 72.9 Å². The van der Waals surface area contributed by atoms with E-state index in [9.17, 15) is 18.0 Å². The average molecular weight is 301 g/mol. The van der Waals surface area contributed by atoms with Crippen molar-refractivity contribution in [1.29, 1.82) is 0 Å². The summed E-state index contributed by atoms with van der Waals surface area (Å²) >= 11 is 0. The summed E-state index contributed by atoms with van der Waals surface area (Å²) < 4.78 is 37.0. The van der Waals surface area contributed by atoms with Gasteiger partial charge < -0.3 is 11.1 Å². The number of aromatic nitrogens is 2. The van der Waals surface area contributed by atoms with Crippen molar-refractivity contribution in [3.8, 4) is 0 Å². The molecular weight excluding hydrogens is 285 g/mol. The Morgan fingerprint density at radius 1 is 1.53 bits per heavy atom. The van der Waals surface area contributed by atoms with Gasteiger partial charge >= 0.3 is 6.18 Å². The van der Waals surface area contributed by atoms with E-state index < -0.39 is 18.6 Å². The van der Waals surface area contributed by atoms with Crippen LogP contribution < -0.4 is 11.1 Å². The van der Waals surface area contributed by atoms with Gasteiger partial charge in [0, 0.05) is 12.2 Å². The molecule has 9 heteroatoms. The summed E-state index contributed by atoms with van der Waals surface area (Å²) in [6, 6.07) is -0.338. The van der Waals surface area contributed by atoms with Crippen LogP contribution in [0.2, 0.25) is 0 Å². The van der Waals surface area contributed by atoms with Crippen LogP contribution in [0.1, 0.15) is 13.8 Å². The molecule has 1 heterocycles. The Bertz CT molecular complexity index is 419. The fourth-order valence-corrected chi connectivity index (χ4v) is 1.19. The van der Waals surface area contributed by atoms with Crippen LogP contribution in [-0.2, 0) is 11.3 Å². The van der Waals surface area contributed by atoms with Crippen LogP contribution in [0.5, 0.6) is 0 Å². The van der Waals surface area contributed by atoms with Gasteiger partial charge in [0.15, 0.2) is 0 Å². The second-order valence-electron chi connectivity index (χ2n) is 4.18. The number of carbonyl (C=O) groups is 1. The number of nitrogens with two attached hydrogens (primary N) is 1. The number of carbonyl (C=O) groups excluding carboxylic acids is 1. The molecule has 1 amide bonds. The normalized spacial score (nSPS) is 14.4. The highest BCUT2D eigenvalue weighted by Gasteiger charge is 2.28. The highest BCUT2D eigenvalue weighted by molar-refractivity contribution is 5.92. The molecule has 0 aliphatic carbocycles. The second-order valence-corrected chi connectivity index (χ2v) is 4.18. The third kappa shape index (κ3) is 5.93. The molecule has 0 saturated heterocycles. The third-order valence-corrected chi connectivity index (χ3v) is 2.44. The molecule has 0 spiro atoms. The van der Waals surface area contributed by atoms with Gasteiger partial charge in [0.05, 0.1) is 17.8 Å². The second kappa shape index (κ2) is 6.76. The summed E-state index contributed by atoms with van der Waals surface area (Å²) in [5.74, 6) is -0.785. The zero-order valence-electron chi connectivity index (χ0n) is 10.4. The van der Waals surface area contributed by atoms with Crippen molar-refractivity contribution in [3.05, 3.63) is 12.4 Å². The number of hydrogen-bond donors (Lipinski definition) is 2. The fourth-order valence-electron chi connectivity index (χ4n) is 1.19. The zero-order valence-corrected chi connectivity index (χ0v) is 11.3. The van der Waals surface area contributed by atoms with Crippen LogP contribution >= 0.6 is 12.4 Å². The van der Waals surface area contributed by atoms with Crippen LogP contribution in [0.3, 0.4) is 0 Å². The molecule has 1 aromatic rings.